The topological polar surface area (TPSA) is 39.4 Å². The minimum Gasteiger partial charge on any atom is -0.489 e. The van der Waals surface area contributed by atoms with E-state index in [1.165, 1.54) is 6.07 Å². The van der Waals surface area contributed by atoms with Gasteiger partial charge in [-0.15, -0.1) is 0 Å². The third-order valence-electron chi connectivity index (χ3n) is 2.58. The van der Waals surface area contributed by atoms with Crippen molar-refractivity contribution in [1.82, 2.24) is 0 Å². The zero-order chi connectivity index (χ0) is 13.0. The van der Waals surface area contributed by atoms with Gasteiger partial charge in [-0.05, 0) is 5.56 Å². The van der Waals surface area contributed by atoms with Gasteiger partial charge in [-0.25, -0.2) is 4.79 Å². The molecule has 0 saturated carbocycles. The van der Waals surface area contributed by atoms with Gasteiger partial charge in [0.2, 0.25) is 0 Å². The Kier molecular flexibility index (Phi) is 3.82. The van der Waals surface area contributed by atoms with Crippen molar-refractivity contribution in [3.05, 3.63) is 64.2 Å². The van der Waals surface area contributed by atoms with E-state index >= 15 is 0 Å². The second kappa shape index (κ2) is 5.54. The molecule has 3 heteroatoms. The van der Waals surface area contributed by atoms with Crippen LogP contribution in [0.15, 0.2) is 51.7 Å². The highest BCUT2D eigenvalue weighted by Crippen LogP contribution is 2.18. The molecule has 1 aromatic carbocycles. The van der Waals surface area contributed by atoms with E-state index < -0.39 is 0 Å². The minimum absolute atomic E-state index is 0.165. The highest BCUT2D eigenvalue weighted by Gasteiger charge is 2.06. The smallest absolute Gasteiger partial charge is 0.339 e. The van der Waals surface area contributed by atoms with Crippen LogP contribution < -0.4 is 10.4 Å². The Morgan fingerprint density at radius 1 is 1.17 bits per heavy atom. The molecule has 0 spiro atoms. The first-order valence-electron chi connectivity index (χ1n) is 5.97. The molecule has 0 N–H and O–H groups in total. The van der Waals surface area contributed by atoms with E-state index in [1.807, 2.05) is 44.2 Å². The van der Waals surface area contributed by atoms with Crippen molar-refractivity contribution < 1.29 is 9.15 Å². The van der Waals surface area contributed by atoms with Crippen molar-refractivity contribution in [1.29, 1.82) is 0 Å². The van der Waals surface area contributed by atoms with Gasteiger partial charge in [0.25, 0.3) is 0 Å². The van der Waals surface area contributed by atoms with Gasteiger partial charge in [0, 0.05) is 12.0 Å². The van der Waals surface area contributed by atoms with E-state index in [0.29, 0.717) is 18.1 Å². The second-order valence-electron chi connectivity index (χ2n) is 4.44. The maximum atomic E-state index is 11.4. The molecule has 2 rings (SSSR count). The minimum atomic E-state index is -0.371. The quantitative estimate of drug-likeness (QED) is 0.828. The van der Waals surface area contributed by atoms with Crippen LogP contribution in [0, 0.1) is 0 Å². The molecule has 18 heavy (non-hydrogen) atoms. The predicted octanol–water partition coefficient (Wildman–Crippen LogP) is 3.34. The lowest BCUT2D eigenvalue weighted by Gasteiger charge is -2.08. The summed E-state index contributed by atoms with van der Waals surface area (Å²) >= 11 is 0. The summed E-state index contributed by atoms with van der Waals surface area (Å²) in [6.07, 6.45) is 0. The average molecular weight is 244 g/mol. The van der Waals surface area contributed by atoms with Crippen LogP contribution >= 0.6 is 0 Å². The molecule has 0 aliphatic rings. The van der Waals surface area contributed by atoms with Gasteiger partial charge in [-0.1, -0.05) is 44.2 Å². The Balaban J connectivity index is 2.12. The fourth-order valence-electron chi connectivity index (χ4n) is 1.58. The van der Waals surface area contributed by atoms with Crippen molar-refractivity contribution in [2.24, 2.45) is 0 Å². The third kappa shape index (κ3) is 3.23. The summed E-state index contributed by atoms with van der Waals surface area (Å²) < 4.78 is 10.7. The number of hydrogen-bond donors (Lipinski definition) is 0. The molecule has 3 nitrogen and oxygen atoms in total. The van der Waals surface area contributed by atoms with Crippen LogP contribution in [-0.2, 0) is 6.61 Å². The van der Waals surface area contributed by atoms with Crippen LogP contribution in [0.3, 0.4) is 0 Å². The van der Waals surface area contributed by atoms with Crippen LogP contribution in [0.25, 0.3) is 0 Å². The Hall–Kier alpha value is -2.03. The summed E-state index contributed by atoms with van der Waals surface area (Å²) in [6.45, 7) is 4.39. The summed E-state index contributed by atoms with van der Waals surface area (Å²) in [4.78, 5) is 11.4. The van der Waals surface area contributed by atoms with Crippen molar-refractivity contribution in [2.45, 2.75) is 26.4 Å². The predicted molar refractivity (Wildman–Crippen MR) is 69.8 cm³/mol. The molecule has 0 fully saturated rings. The molecule has 94 valence electrons. The molecular weight excluding hydrogens is 228 g/mol. The number of hydrogen-bond acceptors (Lipinski definition) is 3. The van der Waals surface area contributed by atoms with Gasteiger partial charge in [0.05, 0.1) is 6.07 Å². The summed E-state index contributed by atoms with van der Waals surface area (Å²) in [5.41, 5.74) is 0.695. The van der Waals surface area contributed by atoms with Crippen LogP contribution in [0.1, 0.15) is 31.1 Å². The SMILES string of the molecule is CC(C)c1cc(OCc2ccccc2)cc(=O)o1. The van der Waals surface area contributed by atoms with E-state index in [2.05, 4.69) is 0 Å². The Bertz CT molecular complexity index is 555. The molecular formula is C15H16O3. The molecule has 0 radical (unpaired) electrons. The highest BCUT2D eigenvalue weighted by molar-refractivity contribution is 5.23. The summed E-state index contributed by atoms with van der Waals surface area (Å²) in [6, 6.07) is 13.0. The maximum absolute atomic E-state index is 11.4. The van der Waals surface area contributed by atoms with Gasteiger partial charge >= 0.3 is 5.63 Å². The highest BCUT2D eigenvalue weighted by atomic mass is 16.5. The van der Waals surface area contributed by atoms with E-state index in [-0.39, 0.29) is 11.5 Å². The van der Waals surface area contributed by atoms with Gasteiger partial charge in [-0.2, -0.15) is 0 Å². The Labute approximate surface area is 106 Å². The number of benzene rings is 1. The molecule has 0 aliphatic heterocycles. The summed E-state index contributed by atoms with van der Waals surface area (Å²) in [5, 5.41) is 0. The first-order valence-corrected chi connectivity index (χ1v) is 5.97. The standard InChI is InChI=1S/C15H16O3/c1-11(2)14-8-13(9-15(16)18-14)17-10-12-6-4-3-5-7-12/h3-9,11H,10H2,1-2H3. The molecule has 0 atom stereocenters. The molecule has 0 aliphatic carbocycles. The van der Waals surface area contributed by atoms with E-state index in [1.54, 1.807) is 6.07 Å². The molecule has 0 amide bonds. The first-order chi connectivity index (χ1) is 8.65. The van der Waals surface area contributed by atoms with Crippen molar-refractivity contribution in [3.63, 3.8) is 0 Å². The lowest BCUT2D eigenvalue weighted by Crippen LogP contribution is -2.04. The van der Waals surface area contributed by atoms with Crippen LogP contribution in [-0.4, -0.2) is 0 Å². The normalized spacial score (nSPS) is 10.6. The van der Waals surface area contributed by atoms with E-state index in [4.69, 9.17) is 9.15 Å². The zero-order valence-corrected chi connectivity index (χ0v) is 10.6. The fourth-order valence-corrected chi connectivity index (χ4v) is 1.58. The van der Waals surface area contributed by atoms with Gasteiger partial charge in [-0.3, -0.25) is 0 Å². The van der Waals surface area contributed by atoms with Crippen molar-refractivity contribution >= 4 is 0 Å². The van der Waals surface area contributed by atoms with Crippen molar-refractivity contribution in [3.8, 4) is 5.75 Å². The first kappa shape index (κ1) is 12.4. The monoisotopic (exact) mass is 244 g/mol. The Morgan fingerprint density at radius 3 is 2.56 bits per heavy atom. The lowest BCUT2D eigenvalue weighted by molar-refractivity contribution is 0.298. The lowest BCUT2D eigenvalue weighted by atomic mass is 10.1. The van der Waals surface area contributed by atoms with Crippen LogP contribution in [0.4, 0.5) is 0 Å². The van der Waals surface area contributed by atoms with Gasteiger partial charge < -0.3 is 9.15 Å². The van der Waals surface area contributed by atoms with Crippen LogP contribution in [0.2, 0.25) is 0 Å². The molecule has 0 unspecified atom stereocenters. The number of rotatable bonds is 4. The van der Waals surface area contributed by atoms with E-state index in [0.717, 1.165) is 5.56 Å². The largest absolute Gasteiger partial charge is 0.489 e. The second-order valence-corrected chi connectivity index (χ2v) is 4.44. The zero-order valence-electron chi connectivity index (χ0n) is 10.6. The molecule has 2 aromatic rings. The van der Waals surface area contributed by atoms with Gasteiger partial charge in [0.1, 0.15) is 18.1 Å². The van der Waals surface area contributed by atoms with E-state index in [9.17, 15) is 4.79 Å². The Morgan fingerprint density at radius 2 is 1.89 bits per heavy atom. The maximum Gasteiger partial charge on any atom is 0.339 e. The number of ether oxygens (including phenoxy) is 1. The van der Waals surface area contributed by atoms with Crippen molar-refractivity contribution in [2.75, 3.05) is 0 Å². The average Bonchev–Trinajstić information content (AvgIpc) is 2.37. The van der Waals surface area contributed by atoms with Gasteiger partial charge in [0.15, 0.2) is 0 Å². The molecule has 0 saturated heterocycles. The molecule has 1 heterocycles. The molecule has 1 aromatic heterocycles. The summed E-state index contributed by atoms with van der Waals surface area (Å²) in [5.74, 6) is 1.36. The molecule has 0 bridgehead atoms. The third-order valence-corrected chi connectivity index (χ3v) is 2.58. The van der Waals surface area contributed by atoms with Crippen LogP contribution in [0.5, 0.6) is 5.75 Å². The fraction of sp³-hybridized carbons (Fsp3) is 0.267. The summed E-state index contributed by atoms with van der Waals surface area (Å²) in [7, 11) is 0.